The van der Waals surface area contributed by atoms with E-state index in [2.05, 4.69) is 15.6 Å². The van der Waals surface area contributed by atoms with Crippen LogP contribution >= 0.6 is 0 Å². The second-order valence-electron chi connectivity index (χ2n) is 4.81. The molecular formula is C12H26N4O2. The third-order valence-corrected chi connectivity index (χ3v) is 2.17. The first-order valence-electron chi connectivity index (χ1n) is 6.20. The molecule has 18 heavy (non-hydrogen) atoms. The van der Waals surface area contributed by atoms with E-state index in [0.717, 1.165) is 0 Å². The number of nitrogens with zero attached hydrogens (tertiary/aromatic N) is 2. The van der Waals surface area contributed by atoms with Gasteiger partial charge >= 0.3 is 6.09 Å². The van der Waals surface area contributed by atoms with Crippen molar-refractivity contribution in [3.63, 3.8) is 0 Å². The predicted molar refractivity (Wildman–Crippen MR) is 73.9 cm³/mol. The van der Waals surface area contributed by atoms with E-state index >= 15 is 0 Å². The number of amides is 1. The van der Waals surface area contributed by atoms with Crippen LogP contribution < -0.4 is 10.6 Å². The van der Waals surface area contributed by atoms with Crippen molar-refractivity contribution in [2.24, 2.45) is 4.99 Å². The summed E-state index contributed by atoms with van der Waals surface area (Å²) >= 11 is 0. The number of rotatable bonds is 4. The first-order chi connectivity index (χ1) is 8.34. The third-order valence-electron chi connectivity index (χ3n) is 2.17. The average molecular weight is 258 g/mol. The largest absolute Gasteiger partial charge is 0.444 e. The Labute approximate surface area is 110 Å². The number of hydrogen-bond acceptors (Lipinski definition) is 3. The summed E-state index contributed by atoms with van der Waals surface area (Å²) < 4.78 is 5.31. The highest BCUT2D eigenvalue weighted by molar-refractivity contribution is 5.79. The summed E-state index contributed by atoms with van der Waals surface area (Å²) in [6, 6.07) is 0. The normalized spacial score (nSPS) is 12.0. The molecule has 0 rings (SSSR count). The lowest BCUT2D eigenvalue weighted by atomic mass is 10.2. The molecule has 106 valence electrons. The predicted octanol–water partition coefficient (Wildman–Crippen LogP) is 1.04. The zero-order valence-corrected chi connectivity index (χ0v) is 12.3. The van der Waals surface area contributed by atoms with Crippen molar-refractivity contribution in [2.45, 2.75) is 33.3 Å². The monoisotopic (exact) mass is 258 g/mol. The fraction of sp³-hybridized carbons (Fsp3) is 0.833. The first kappa shape index (κ1) is 16.5. The molecule has 0 aliphatic heterocycles. The van der Waals surface area contributed by atoms with Crippen molar-refractivity contribution >= 4 is 12.1 Å². The van der Waals surface area contributed by atoms with Crippen LogP contribution in [0.2, 0.25) is 0 Å². The van der Waals surface area contributed by atoms with Gasteiger partial charge in [0.2, 0.25) is 0 Å². The summed E-state index contributed by atoms with van der Waals surface area (Å²) in [5.41, 5.74) is -0.459. The quantitative estimate of drug-likeness (QED) is 0.584. The second-order valence-corrected chi connectivity index (χ2v) is 4.81. The molecule has 0 bridgehead atoms. The average Bonchev–Trinajstić information content (AvgIpc) is 2.27. The minimum Gasteiger partial charge on any atom is -0.444 e. The molecule has 0 atom stereocenters. The number of aliphatic imine (C=N–C) groups is 1. The van der Waals surface area contributed by atoms with Crippen molar-refractivity contribution in [1.29, 1.82) is 0 Å². The van der Waals surface area contributed by atoms with Crippen molar-refractivity contribution in [2.75, 3.05) is 33.7 Å². The SMILES string of the molecule is CCN(CCNC(=NC)NC)C(=O)OC(C)(C)C. The summed E-state index contributed by atoms with van der Waals surface area (Å²) in [5.74, 6) is 0.704. The molecule has 0 heterocycles. The molecule has 0 aliphatic carbocycles. The molecule has 0 fully saturated rings. The van der Waals surface area contributed by atoms with Gasteiger partial charge in [-0.1, -0.05) is 0 Å². The van der Waals surface area contributed by atoms with Crippen LogP contribution in [0, 0.1) is 0 Å². The van der Waals surface area contributed by atoms with E-state index < -0.39 is 5.60 Å². The molecule has 6 nitrogen and oxygen atoms in total. The number of carbonyl (C=O) groups excluding carboxylic acids is 1. The van der Waals surface area contributed by atoms with E-state index in [9.17, 15) is 4.79 Å². The summed E-state index contributed by atoms with van der Waals surface area (Å²) in [5, 5.41) is 6.01. The van der Waals surface area contributed by atoms with Gasteiger partial charge in [-0.25, -0.2) is 4.79 Å². The van der Waals surface area contributed by atoms with Crippen molar-refractivity contribution < 1.29 is 9.53 Å². The smallest absolute Gasteiger partial charge is 0.410 e. The van der Waals surface area contributed by atoms with Gasteiger partial charge in [-0.3, -0.25) is 4.99 Å². The number of nitrogens with one attached hydrogen (secondary N) is 2. The van der Waals surface area contributed by atoms with E-state index in [-0.39, 0.29) is 6.09 Å². The van der Waals surface area contributed by atoms with E-state index in [0.29, 0.717) is 25.6 Å². The Kier molecular flexibility index (Phi) is 7.16. The van der Waals surface area contributed by atoms with E-state index in [1.165, 1.54) is 0 Å². The summed E-state index contributed by atoms with van der Waals surface area (Å²) in [4.78, 5) is 17.5. The molecule has 2 N–H and O–H groups in total. The van der Waals surface area contributed by atoms with Gasteiger partial charge in [0.25, 0.3) is 0 Å². The van der Waals surface area contributed by atoms with Crippen LogP contribution in [0.15, 0.2) is 4.99 Å². The van der Waals surface area contributed by atoms with E-state index in [4.69, 9.17) is 4.74 Å². The highest BCUT2D eigenvalue weighted by atomic mass is 16.6. The Morgan fingerprint density at radius 3 is 2.39 bits per heavy atom. The maximum Gasteiger partial charge on any atom is 0.410 e. The van der Waals surface area contributed by atoms with Crippen molar-refractivity contribution in [1.82, 2.24) is 15.5 Å². The number of hydrogen-bond donors (Lipinski definition) is 2. The number of guanidine groups is 1. The zero-order valence-electron chi connectivity index (χ0n) is 12.3. The van der Waals surface area contributed by atoms with E-state index in [1.54, 1.807) is 19.0 Å². The van der Waals surface area contributed by atoms with Crippen molar-refractivity contribution in [3.05, 3.63) is 0 Å². The van der Waals surface area contributed by atoms with E-state index in [1.807, 2.05) is 27.7 Å². The molecule has 0 saturated carbocycles. The van der Waals surface area contributed by atoms with Crippen LogP contribution in [0.4, 0.5) is 4.79 Å². The Bertz CT molecular complexity index is 284. The minimum atomic E-state index is -0.459. The maximum absolute atomic E-state index is 11.8. The molecule has 0 radical (unpaired) electrons. The van der Waals surface area contributed by atoms with Gasteiger partial charge in [-0.05, 0) is 27.7 Å². The molecular weight excluding hydrogens is 232 g/mol. The molecule has 0 saturated heterocycles. The maximum atomic E-state index is 11.8. The van der Waals surface area contributed by atoms with Crippen LogP contribution in [0.25, 0.3) is 0 Å². The van der Waals surface area contributed by atoms with Crippen LogP contribution in [-0.4, -0.2) is 56.3 Å². The van der Waals surface area contributed by atoms with Gasteiger partial charge in [-0.15, -0.1) is 0 Å². The summed E-state index contributed by atoms with van der Waals surface area (Å²) in [6.07, 6.45) is -0.286. The minimum absolute atomic E-state index is 0.286. The molecule has 1 amide bonds. The number of likely N-dealkylation sites (N-methyl/N-ethyl adjacent to an activating group) is 1. The highest BCUT2D eigenvalue weighted by Crippen LogP contribution is 2.09. The van der Waals surface area contributed by atoms with Gasteiger partial charge in [0.05, 0.1) is 0 Å². The topological polar surface area (TPSA) is 66.0 Å². The lowest BCUT2D eigenvalue weighted by Gasteiger charge is -2.26. The molecule has 0 aromatic rings. The fourth-order valence-electron chi connectivity index (χ4n) is 1.29. The van der Waals surface area contributed by atoms with Crippen LogP contribution in [0.5, 0.6) is 0 Å². The molecule has 0 unspecified atom stereocenters. The first-order valence-corrected chi connectivity index (χ1v) is 6.20. The lowest BCUT2D eigenvalue weighted by Crippen LogP contribution is -2.43. The standard InChI is InChI=1S/C12H26N4O2/c1-7-16(11(17)18-12(2,3)4)9-8-15-10(13-5)14-6/h7-9H2,1-6H3,(H2,13,14,15). The van der Waals surface area contributed by atoms with Gasteiger partial charge in [0, 0.05) is 33.7 Å². The van der Waals surface area contributed by atoms with Crippen LogP contribution in [0.3, 0.4) is 0 Å². The molecule has 0 aliphatic rings. The number of carbonyl (C=O) groups is 1. The molecule has 0 aromatic carbocycles. The summed E-state index contributed by atoms with van der Waals surface area (Å²) in [7, 11) is 3.49. The highest BCUT2D eigenvalue weighted by Gasteiger charge is 2.20. The zero-order chi connectivity index (χ0) is 14.2. The lowest BCUT2D eigenvalue weighted by molar-refractivity contribution is 0.0264. The Morgan fingerprint density at radius 2 is 2.00 bits per heavy atom. The van der Waals surface area contributed by atoms with Crippen molar-refractivity contribution in [3.8, 4) is 0 Å². The van der Waals surface area contributed by atoms with Gasteiger partial charge < -0.3 is 20.3 Å². The number of ether oxygens (including phenoxy) is 1. The Morgan fingerprint density at radius 1 is 1.39 bits per heavy atom. The molecule has 0 spiro atoms. The Balaban J connectivity index is 4.15. The molecule has 6 heteroatoms. The third kappa shape index (κ3) is 6.98. The molecule has 0 aromatic heterocycles. The Hall–Kier alpha value is -1.46. The van der Waals surface area contributed by atoms with Gasteiger partial charge in [0.1, 0.15) is 5.60 Å². The van der Waals surface area contributed by atoms with Gasteiger partial charge in [0.15, 0.2) is 5.96 Å². The second kappa shape index (κ2) is 7.79. The van der Waals surface area contributed by atoms with Gasteiger partial charge in [-0.2, -0.15) is 0 Å². The van der Waals surface area contributed by atoms with Crippen LogP contribution in [-0.2, 0) is 4.74 Å². The van der Waals surface area contributed by atoms with Crippen LogP contribution in [0.1, 0.15) is 27.7 Å². The fourth-order valence-corrected chi connectivity index (χ4v) is 1.29. The summed E-state index contributed by atoms with van der Waals surface area (Å²) in [6.45, 7) is 9.33.